The number of aliphatic hydroxyl groups excluding tert-OH is 1. The number of fused-ring (bicyclic) bond motifs is 1. The first-order chi connectivity index (χ1) is 18.9. The number of nitrogens with one attached hydrogen (secondary N) is 1. The highest BCUT2D eigenvalue weighted by molar-refractivity contribution is 7.54. The Morgan fingerprint density at radius 2 is 2.00 bits per heavy atom. The number of benzene rings is 1. The second kappa shape index (κ2) is 11.7. The van der Waals surface area contributed by atoms with Crippen LogP contribution < -0.4 is 21.6 Å². The number of rotatable bonds is 11. The standard InChI is InChI=1S/C25H33FN5O8P/c1-14(2)37-22(34)15(3)12-40(35,39-16-7-5-4-6-8-16)36-11-18-19(32)25(28,13-26)23(38-18)31-10-9-17-20(31)29-24(27)30-21(17)33/h4-10,14-15,18-19,23,32H,11-13,28H2,1-3H3,(H3,27,29,30,33)/t15-,18-,19+,23-,25?,40?/m1/s1. The largest absolute Gasteiger partial charge is 0.463 e. The third-order valence-corrected chi connectivity index (χ3v) is 8.45. The SMILES string of the molecule is CC(C)OC(=O)[C@H](C)CP(=O)(OC[C@H]1O[C@@H](n2ccc3c(=O)[nH]c(N)nc32)C(N)(CF)[C@H]1O)Oc1ccccc1. The number of carbonyl (C=O) groups is 1. The molecule has 2 aromatic heterocycles. The summed E-state index contributed by atoms with van der Waals surface area (Å²) in [6, 6.07) is 9.64. The number of alkyl halides is 1. The molecule has 4 rings (SSSR count). The van der Waals surface area contributed by atoms with E-state index in [1.54, 1.807) is 44.2 Å². The Labute approximate surface area is 229 Å². The monoisotopic (exact) mass is 581 g/mol. The van der Waals surface area contributed by atoms with Crippen molar-refractivity contribution >= 4 is 30.5 Å². The zero-order valence-corrected chi connectivity index (χ0v) is 23.1. The summed E-state index contributed by atoms with van der Waals surface area (Å²) in [6.07, 6.45) is -3.55. The lowest BCUT2D eigenvalue weighted by atomic mass is 9.92. The minimum atomic E-state index is -4.06. The highest BCUT2D eigenvalue weighted by Crippen LogP contribution is 2.51. The first kappa shape index (κ1) is 29.7. The summed E-state index contributed by atoms with van der Waals surface area (Å²) in [5.41, 5.74) is 9.53. The molecular weight excluding hydrogens is 548 g/mol. The van der Waals surface area contributed by atoms with Crippen LogP contribution in [0, 0.1) is 5.92 Å². The fourth-order valence-electron chi connectivity index (χ4n) is 4.41. The summed E-state index contributed by atoms with van der Waals surface area (Å²) in [5.74, 6) is -1.40. The number of H-pyrrole nitrogens is 1. The van der Waals surface area contributed by atoms with Crippen LogP contribution in [0.3, 0.4) is 0 Å². The molecule has 0 spiro atoms. The lowest BCUT2D eigenvalue weighted by molar-refractivity contribution is -0.151. The third-order valence-electron chi connectivity index (χ3n) is 6.43. The van der Waals surface area contributed by atoms with Gasteiger partial charge < -0.3 is 35.1 Å². The number of hydrogen-bond donors (Lipinski definition) is 4. The van der Waals surface area contributed by atoms with E-state index in [1.807, 2.05) is 0 Å². The maximum atomic E-state index is 14.4. The van der Waals surface area contributed by atoms with E-state index in [4.69, 9.17) is 30.0 Å². The average Bonchev–Trinajstić information content (AvgIpc) is 3.42. The van der Waals surface area contributed by atoms with Gasteiger partial charge in [-0.3, -0.25) is 19.1 Å². The van der Waals surface area contributed by atoms with E-state index in [-0.39, 0.29) is 35.0 Å². The van der Waals surface area contributed by atoms with E-state index in [0.29, 0.717) is 0 Å². The number of aliphatic hydroxyl groups is 1. The molecule has 6 atom stereocenters. The van der Waals surface area contributed by atoms with Gasteiger partial charge in [0.1, 0.15) is 30.2 Å². The number of hydrogen-bond acceptors (Lipinski definition) is 11. The number of anilines is 1. The molecule has 0 saturated carbocycles. The molecule has 1 aliphatic rings. The Hall–Kier alpha value is -3.29. The minimum Gasteiger partial charge on any atom is -0.463 e. The van der Waals surface area contributed by atoms with E-state index in [1.165, 1.54) is 23.8 Å². The second-order valence-electron chi connectivity index (χ2n) is 10.0. The third kappa shape index (κ3) is 6.06. The molecule has 0 aliphatic carbocycles. The molecule has 40 heavy (non-hydrogen) atoms. The van der Waals surface area contributed by atoms with Crippen molar-refractivity contribution in [1.29, 1.82) is 0 Å². The minimum absolute atomic E-state index is 0.0684. The number of nitrogens with zero attached hydrogens (tertiary/aromatic N) is 2. The number of para-hydroxylation sites is 1. The van der Waals surface area contributed by atoms with Gasteiger partial charge in [0.05, 0.1) is 30.2 Å². The van der Waals surface area contributed by atoms with Gasteiger partial charge in [0.2, 0.25) is 5.95 Å². The summed E-state index contributed by atoms with van der Waals surface area (Å²) in [5, 5.41) is 11.2. The Morgan fingerprint density at radius 1 is 1.30 bits per heavy atom. The van der Waals surface area contributed by atoms with Crippen molar-refractivity contribution < 1.29 is 37.4 Å². The van der Waals surface area contributed by atoms with Crippen molar-refractivity contribution in [1.82, 2.24) is 14.5 Å². The van der Waals surface area contributed by atoms with Gasteiger partial charge in [0.25, 0.3) is 5.56 Å². The van der Waals surface area contributed by atoms with Gasteiger partial charge in [-0.2, -0.15) is 4.98 Å². The van der Waals surface area contributed by atoms with Gasteiger partial charge in [0.15, 0.2) is 11.9 Å². The predicted molar refractivity (Wildman–Crippen MR) is 143 cm³/mol. The molecule has 3 aromatic rings. The van der Waals surface area contributed by atoms with Gasteiger partial charge in [0, 0.05) is 6.20 Å². The van der Waals surface area contributed by atoms with E-state index < -0.39 is 62.3 Å². The Kier molecular flexibility index (Phi) is 8.66. The van der Waals surface area contributed by atoms with Crippen molar-refractivity contribution in [2.24, 2.45) is 11.7 Å². The summed E-state index contributed by atoms with van der Waals surface area (Å²) in [6.45, 7) is 3.16. The molecule has 1 aliphatic heterocycles. The number of carbonyl (C=O) groups excluding carboxylic acids is 1. The van der Waals surface area contributed by atoms with Crippen LogP contribution in [0.5, 0.6) is 5.75 Å². The molecule has 1 aromatic carbocycles. The van der Waals surface area contributed by atoms with Crippen LogP contribution in [0.2, 0.25) is 0 Å². The highest BCUT2D eigenvalue weighted by Gasteiger charge is 2.56. The van der Waals surface area contributed by atoms with Crippen molar-refractivity contribution in [3.63, 3.8) is 0 Å². The van der Waals surface area contributed by atoms with Crippen LogP contribution in [0.15, 0.2) is 47.4 Å². The number of nitrogen functional groups attached to an aromatic ring is 1. The smallest absolute Gasteiger partial charge is 0.380 e. The Morgan fingerprint density at radius 3 is 2.65 bits per heavy atom. The van der Waals surface area contributed by atoms with Crippen molar-refractivity contribution in [2.45, 2.75) is 50.8 Å². The number of ether oxygens (including phenoxy) is 2. The van der Waals surface area contributed by atoms with E-state index >= 15 is 0 Å². The molecule has 1 saturated heterocycles. The fourth-order valence-corrected chi connectivity index (χ4v) is 6.28. The number of esters is 1. The van der Waals surface area contributed by atoms with Crippen LogP contribution >= 0.6 is 7.60 Å². The quantitative estimate of drug-likeness (QED) is 0.191. The van der Waals surface area contributed by atoms with Gasteiger partial charge in [-0.15, -0.1) is 0 Å². The molecular formula is C25H33FN5O8P. The van der Waals surface area contributed by atoms with Crippen molar-refractivity contribution in [3.05, 3.63) is 52.9 Å². The van der Waals surface area contributed by atoms with Gasteiger partial charge >= 0.3 is 13.6 Å². The summed E-state index contributed by atoms with van der Waals surface area (Å²) >= 11 is 0. The van der Waals surface area contributed by atoms with Crippen molar-refractivity contribution in [2.75, 3.05) is 25.2 Å². The van der Waals surface area contributed by atoms with Gasteiger partial charge in [-0.25, -0.2) is 8.96 Å². The maximum Gasteiger partial charge on any atom is 0.380 e. The van der Waals surface area contributed by atoms with E-state index in [9.17, 15) is 23.7 Å². The number of aromatic nitrogens is 3. The first-order valence-electron chi connectivity index (χ1n) is 12.6. The summed E-state index contributed by atoms with van der Waals surface area (Å²) in [7, 11) is -4.06. The van der Waals surface area contributed by atoms with Crippen LogP contribution in [-0.4, -0.2) is 68.9 Å². The Bertz CT molecular complexity index is 1450. The van der Waals surface area contributed by atoms with Crippen LogP contribution in [0.1, 0.15) is 27.0 Å². The topological polar surface area (TPSA) is 194 Å². The number of aromatic amines is 1. The molecule has 13 nitrogen and oxygen atoms in total. The zero-order chi connectivity index (χ0) is 29.2. The molecule has 2 unspecified atom stereocenters. The molecule has 0 radical (unpaired) electrons. The molecule has 3 heterocycles. The number of halogens is 1. The molecule has 1 fully saturated rings. The fraction of sp³-hybridized carbons (Fsp3) is 0.480. The molecule has 6 N–H and O–H groups in total. The lowest BCUT2D eigenvalue weighted by Gasteiger charge is -2.30. The Balaban J connectivity index is 1.58. The maximum absolute atomic E-state index is 14.4. The average molecular weight is 582 g/mol. The van der Waals surface area contributed by atoms with Crippen LogP contribution in [0.25, 0.3) is 11.0 Å². The first-order valence-corrected chi connectivity index (χ1v) is 14.3. The summed E-state index contributed by atoms with van der Waals surface area (Å²) in [4.78, 5) is 31.2. The van der Waals surface area contributed by atoms with E-state index in [2.05, 4.69) is 9.97 Å². The molecule has 0 bridgehead atoms. The predicted octanol–water partition coefficient (Wildman–Crippen LogP) is 2.11. The normalized spacial score (nSPS) is 25.1. The van der Waals surface area contributed by atoms with Crippen LogP contribution in [-0.2, 0) is 23.4 Å². The number of nitrogens with two attached hydrogens (primary N) is 2. The second-order valence-corrected chi connectivity index (χ2v) is 12.0. The van der Waals surface area contributed by atoms with Crippen molar-refractivity contribution in [3.8, 4) is 5.75 Å². The molecule has 0 amide bonds. The zero-order valence-electron chi connectivity index (χ0n) is 22.2. The lowest BCUT2D eigenvalue weighted by Crippen LogP contribution is -2.56. The summed E-state index contributed by atoms with van der Waals surface area (Å²) < 4.78 is 52.1. The van der Waals surface area contributed by atoms with Gasteiger partial charge in [-0.1, -0.05) is 25.1 Å². The van der Waals surface area contributed by atoms with Crippen LogP contribution in [0.4, 0.5) is 10.3 Å². The highest BCUT2D eigenvalue weighted by atomic mass is 31.2. The molecule has 218 valence electrons. The molecule has 15 heteroatoms. The van der Waals surface area contributed by atoms with E-state index in [0.717, 1.165) is 0 Å². The van der Waals surface area contributed by atoms with Gasteiger partial charge in [-0.05, 0) is 32.0 Å².